The Balaban J connectivity index is 1.71. The van der Waals surface area contributed by atoms with E-state index in [2.05, 4.69) is 25.6 Å². The van der Waals surface area contributed by atoms with Gasteiger partial charge in [0.05, 0.1) is 23.3 Å². The molecule has 188 valence electrons. The highest BCUT2D eigenvalue weighted by atomic mass is 32.1. The molecule has 3 aromatic heterocycles. The van der Waals surface area contributed by atoms with E-state index in [0.29, 0.717) is 49.0 Å². The SMILES string of the molecule is CCOc1nc(N2CCNCC2)nc2c1sc1nc(-c3ccc(NC(=O)[O-])cc3)cc(C(F)(F)F)c12. The molecule has 1 saturated heterocycles. The number of benzene rings is 1. The average molecular weight is 518 g/mol. The molecule has 13 heteroatoms. The number of carbonyl (C=O) groups excluding carboxylic acids is 1. The van der Waals surface area contributed by atoms with E-state index in [4.69, 9.17) is 4.74 Å². The van der Waals surface area contributed by atoms with Gasteiger partial charge in [0.2, 0.25) is 11.8 Å². The Morgan fingerprint density at radius 1 is 1.19 bits per heavy atom. The molecule has 0 atom stereocenters. The monoisotopic (exact) mass is 517 g/mol. The summed E-state index contributed by atoms with van der Waals surface area (Å²) in [6, 6.07) is 6.81. The van der Waals surface area contributed by atoms with Crippen molar-refractivity contribution in [3.8, 4) is 17.1 Å². The van der Waals surface area contributed by atoms with Gasteiger partial charge in [-0.15, -0.1) is 11.3 Å². The molecule has 0 saturated carbocycles. The molecule has 0 radical (unpaired) electrons. The maximum absolute atomic E-state index is 14.3. The van der Waals surface area contributed by atoms with E-state index < -0.39 is 17.8 Å². The predicted molar refractivity (Wildman–Crippen MR) is 128 cm³/mol. The van der Waals surface area contributed by atoms with Crippen molar-refractivity contribution >= 4 is 49.5 Å². The van der Waals surface area contributed by atoms with Crippen LogP contribution in [0.4, 0.5) is 29.6 Å². The number of thiophene rings is 1. The summed E-state index contributed by atoms with van der Waals surface area (Å²) in [4.78, 5) is 26.4. The summed E-state index contributed by atoms with van der Waals surface area (Å²) in [5.74, 6) is 0.548. The first-order valence-corrected chi connectivity index (χ1v) is 12.0. The lowest BCUT2D eigenvalue weighted by atomic mass is 10.1. The first-order valence-electron chi connectivity index (χ1n) is 11.1. The Hall–Kier alpha value is -3.71. The summed E-state index contributed by atoms with van der Waals surface area (Å²) in [5.41, 5.74) is 0.00534. The number of hydrogen-bond donors (Lipinski definition) is 2. The Kier molecular flexibility index (Phi) is 6.26. The molecule has 1 fully saturated rings. The second-order valence-electron chi connectivity index (χ2n) is 8.00. The molecule has 2 N–H and O–H groups in total. The van der Waals surface area contributed by atoms with Gasteiger partial charge in [-0.2, -0.15) is 18.2 Å². The minimum Gasteiger partial charge on any atom is -0.530 e. The standard InChI is InChI=1S/C23H21F3N6O3S/c1-2-35-19-18-17(30-21(31-19)32-9-7-27-8-10-32)16-14(23(24,25)26)11-15(29-20(16)36-18)12-3-5-13(6-4-12)28-22(33)34/h3-6,11,27-28H,2,7-10H2,1H3,(H,33,34)/p-1. The first-order chi connectivity index (χ1) is 17.2. The molecule has 4 aromatic rings. The smallest absolute Gasteiger partial charge is 0.417 e. The van der Waals surface area contributed by atoms with Crippen LogP contribution in [0.5, 0.6) is 5.88 Å². The van der Waals surface area contributed by atoms with E-state index >= 15 is 0 Å². The van der Waals surface area contributed by atoms with Gasteiger partial charge in [-0.25, -0.2) is 9.97 Å². The van der Waals surface area contributed by atoms with Crippen LogP contribution in [0.25, 0.3) is 31.7 Å². The zero-order valence-corrected chi connectivity index (χ0v) is 19.8. The normalized spacial score (nSPS) is 14.4. The van der Waals surface area contributed by atoms with Gasteiger partial charge in [0.15, 0.2) is 0 Å². The fraction of sp³-hybridized carbons (Fsp3) is 0.304. The topological polar surface area (TPSA) is 115 Å². The molecule has 36 heavy (non-hydrogen) atoms. The van der Waals surface area contributed by atoms with Crippen LogP contribution >= 0.6 is 11.3 Å². The van der Waals surface area contributed by atoms with Crippen LogP contribution in [0.2, 0.25) is 0 Å². The molecular formula is C23H20F3N6O3S-. The summed E-state index contributed by atoms with van der Waals surface area (Å²) in [7, 11) is 0. The van der Waals surface area contributed by atoms with E-state index in [1.807, 2.05) is 4.90 Å². The summed E-state index contributed by atoms with van der Waals surface area (Å²) < 4.78 is 49.1. The van der Waals surface area contributed by atoms with Gasteiger partial charge in [-0.3, -0.25) is 0 Å². The second kappa shape index (κ2) is 9.39. The number of nitrogens with one attached hydrogen (secondary N) is 2. The van der Waals surface area contributed by atoms with Crippen molar-refractivity contribution < 1.29 is 27.8 Å². The van der Waals surface area contributed by atoms with Crippen molar-refractivity contribution in [3.05, 3.63) is 35.9 Å². The molecule has 0 unspecified atom stereocenters. The highest BCUT2D eigenvalue weighted by Crippen LogP contribution is 2.45. The van der Waals surface area contributed by atoms with Crippen LogP contribution in [0.1, 0.15) is 12.5 Å². The Morgan fingerprint density at radius 3 is 2.56 bits per heavy atom. The molecule has 1 aliphatic rings. The third-order valence-electron chi connectivity index (χ3n) is 5.66. The molecule has 0 aliphatic carbocycles. The van der Waals surface area contributed by atoms with Gasteiger partial charge in [-0.05, 0) is 25.1 Å². The third-order valence-corrected chi connectivity index (χ3v) is 6.72. The molecule has 1 aliphatic heterocycles. The zero-order valence-electron chi connectivity index (χ0n) is 19.0. The van der Waals surface area contributed by atoms with E-state index in [-0.39, 0.29) is 33.0 Å². The van der Waals surface area contributed by atoms with E-state index in [9.17, 15) is 23.1 Å². The number of pyridine rings is 1. The summed E-state index contributed by atoms with van der Waals surface area (Å²) >= 11 is 1.04. The zero-order chi connectivity index (χ0) is 25.4. The van der Waals surface area contributed by atoms with Crippen LogP contribution < -0.4 is 25.4 Å². The van der Waals surface area contributed by atoms with Crippen molar-refractivity contribution in [2.24, 2.45) is 0 Å². The minimum atomic E-state index is -4.67. The number of halogens is 3. The number of amides is 1. The average Bonchev–Trinajstić information content (AvgIpc) is 3.22. The summed E-state index contributed by atoms with van der Waals surface area (Å²) in [5, 5.41) is 15.9. The molecule has 0 bridgehead atoms. The number of hydrogen-bond acceptors (Lipinski definition) is 9. The van der Waals surface area contributed by atoms with Crippen molar-refractivity contribution in [2.75, 3.05) is 43.0 Å². The molecule has 9 nitrogen and oxygen atoms in total. The molecular weight excluding hydrogens is 497 g/mol. The third kappa shape index (κ3) is 4.58. The van der Waals surface area contributed by atoms with Crippen LogP contribution in [0.15, 0.2) is 30.3 Å². The van der Waals surface area contributed by atoms with Crippen LogP contribution in [0.3, 0.4) is 0 Å². The Bertz CT molecular complexity index is 1440. The number of alkyl halides is 3. The lowest BCUT2D eigenvalue weighted by Crippen LogP contribution is -2.44. The molecule has 5 rings (SSSR count). The van der Waals surface area contributed by atoms with Crippen molar-refractivity contribution in [2.45, 2.75) is 13.1 Å². The van der Waals surface area contributed by atoms with Gasteiger partial charge in [0, 0.05) is 37.4 Å². The predicted octanol–water partition coefficient (Wildman–Crippen LogP) is 3.49. The number of ether oxygens (including phenoxy) is 1. The van der Waals surface area contributed by atoms with Gasteiger partial charge in [0.25, 0.3) is 0 Å². The quantitative estimate of drug-likeness (QED) is 0.414. The number of carboxylic acid groups (broad SMARTS) is 1. The number of nitrogens with zero attached hydrogens (tertiary/aromatic N) is 4. The molecule has 1 amide bonds. The van der Waals surface area contributed by atoms with E-state index in [1.165, 1.54) is 24.3 Å². The van der Waals surface area contributed by atoms with Gasteiger partial charge >= 0.3 is 6.18 Å². The van der Waals surface area contributed by atoms with Crippen LogP contribution in [-0.2, 0) is 6.18 Å². The molecule has 0 spiro atoms. The number of carbonyl (C=O) groups is 1. The number of piperazine rings is 1. The summed E-state index contributed by atoms with van der Waals surface area (Å²) in [6.07, 6.45) is -6.16. The maximum atomic E-state index is 14.3. The number of fused-ring (bicyclic) bond motifs is 3. The Labute approximate surface area is 206 Å². The van der Waals surface area contributed by atoms with Gasteiger partial charge in [-0.1, -0.05) is 12.1 Å². The molecule has 1 aromatic carbocycles. The number of rotatable bonds is 5. The highest BCUT2D eigenvalue weighted by molar-refractivity contribution is 7.25. The maximum Gasteiger partial charge on any atom is 0.417 e. The molecule has 4 heterocycles. The van der Waals surface area contributed by atoms with Crippen molar-refractivity contribution in [1.29, 1.82) is 0 Å². The number of aromatic nitrogens is 3. The van der Waals surface area contributed by atoms with E-state index in [0.717, 1.165) is 17.4 Å². The van der Waals surface area contributed by atoms with Gasteiger partial charge < -0.3 is 30.2 Å². The largest absolute Gasteiger partial charge is 0.530 e. The Morgan fingerprint density at radius 2 is 1.92 bits per heavy atom. The second-order valence-corrected chi connectivity index (χ2v) is 9.00. The van der Waals surface area contributed by atoms with Crippen molar-refractivity contribution in [3.63, 3.8) is 0 Å². The lowest BCUT2D eigenvalue weighted by Gasteiger charge is -2.27. The van der Waals surface area contributed by atoms with Crippen LogP contribution in [-0.4, -0.2) is 53.8 Å². The fourth-order valence-corrected chi connectivity index (χ4v) is 5.14. The number of anilines is 2. The lowest BCUT2D eigenvalue weighted by molar-refractivity contribution is -0.242. The van der Waals surface area contributed by atoms with E-state index in [1.54, 1.807) is 6.92 Å². The van der Waals surface area contributed by atoms with Crippen LogP contribution in [0, 0.1) is 0 Å². The summed E-state index contributed by atoms with van der Waals surface area (Å²) in [6.45, 7) is 4.74. The fourth-order valence-electron chi connectivity index (χ4n) is 4.06. The minimum absolute atomic E-state index is 0.0922. The highest BCUT2D eigenvalue weighted by Gasteiger charge is 2.36. The first kappa shape index (κ1) is 24.0. The van der Waals surface area contributed by atoms with Crippen molar-refractivity contribution in [1.82, 2.24) is 20.3 Å². The van der Waals surface area contributed by atoms with Gasteiger partial charge in [0.1, 0.15) is 21.1 Å².